The maximum Gasteiger partial charge on any atom is 0.328 e. The average Bonchev–Trinajstić information content (AvgIpc) is 2.98. The van der Waals surface area contributed by atoms with Crippen LogP contribution < -0.4 is 11.1 Å². The molecule has 1 amide bonds. The van der Waals surface area contributed by atoms with Gasteiger partial charge < -0.3 is 14.8 Å². The van der Waals surface area contributed by atoms with Crippen LogP contribution in [0.25, 0.3) is 0 Å². The Hall–Kier alpha value is -2.31. The van der Waals surface area contributed by atoms with Crippen molar-refractivity contribution in [3.63, 3.8) is 0 Å². The van der Waals surface area contributed by atoms with E-state index in [0.717, 1.165) is 12.8 Å². The fourth-order valence-corrected chi connectivity index (χ4v) is 1.85. The Kier molecular flexibility index (Phi) is 2.32. The lowest BCUT2D eigenvalue weighted by molar-refractivity contribution is 0.101. The van der Waals surface area contributed by atoms with Crippen LogP contribution in [-0.2, 0) is 0 Å². The number of amides is 1. The van der Waals surface area contributed by atoms with E-state index in [0.29, 0.717) is 23.2 Å². The van der Waals surface area contributed by atoms with Crippen LogP contribution in [0.4, 0.5) is 11.7 Å². The van der Waals surface area contributed by atoms with Gasteiger partial charge in [0.05, 0.1) is 5.69 Å². The maximum absolute atomic E-state index is 12.1. The molecule has 1 saturated carbocycles. The zero-order valence-electron chi connectivity index (χ0n) is 9.88. The average molecular weight is 247 g/mol. The summed E-state index contributed by atoms with van der Waals surface area (Å²) in [5, 5.41) is 6.17. The van der Waals surface area contributed by atoms with E-state index in [9.17, 15) is 4.79 Å². The minimum absolute atomic E-state index is 0.0969. The largest absolute Gasteiger partial charge is 0.397 e. The van der Waals surface area contributed by atoms with Crippen molar-refractivity contribution in [3.05, 3.63) is 23.8 Å². The van der Waals surface area contributed by atoms with Crippen LogP contribution in [0.3, 0.4) is 0 Å². The molecule has 0 bridgehead atoms. The van der Waals surface area contributed by atoms with Crippen molar-refractivity contribution in [2.75, 3.05) is 11.1 Å². The molecule has 3 rings (SSSR count). The van der Waals surface area contributed by atoms with Crippen LogP contribution in [0, 0.1) is 6.92 Å². The molecule has 18 heavy (non-hydrogen) atoms. The molecule has 2 heterocycles. The van der Waals surface area contributed by atoms with Gasteiger partial charge in [-0.05, 0) is 25.8 Å². The van der Waals surface area contributed by atoms with Gasteiger partial charge in [-0.15, -0.1) is 0 Å². The summed E-state index contributed by atoms with van der Waals surface area (Å²) < 4.78 is 6.74. The number of aryl methyl sites for hydroxylation is 1. The Balaban J connectivity index is 1.83. The summed E-state index contributed by atoms with van der Waals surface area (Å²) in [5.74, 6) is 0.185. The minimum Gasteiger partial charge on any atom is -0.397 e. The third-order valence-corrected chi connectivity index (χ3v) is 2.79. The SMILES string of the molecule is Cc1noc(NC(=O)c2cc(N)cn2C2CC2)n1. The van der Waals surface area contributed by atoms with Gasteiger partial charge in [-0.2, -0.15) is 4.98 Å². The van der Waals surface area contributed by atoms with Crippen molar-refractivity contribution in [2.24, 2.45) is 0 Å². The van der Waals surface area contributed by atoms with Gasteiger partial charge in [-0.25, -0.2) is 0 Å². The fraction of sp³-hybridized carbons (Fsp3) is 0.364. The Morgan fingerprint density at radius 1 is 1.61 bits per heavy atom. The number of nitrogens with one attached hydrogen (secondary N) is 1. The van der Waals surface area contributed by atoms with Gasteiger partial charge in [0.2, 0.25) is 0 Å². The van der Waals surface area contributed by atoms with Crippen molar-refractivity contribution in [2.45, 2.75) is 25.8 Å². The first kappa shape index (κ1) is 10.8. The molecule has 1 aliphatic rings. The standard InChI is InChI=1S/C11H13N5O2/c1-6-13-11(18-15-6)14-10(17)9-4-7(12)5-16(9)8-2-3-8/h4-5,8H,2-3,12H2,1H3,(H,13,14,15,17). The van der Waals surface area contributed by atoms with Crippen LogP contribution in [0.1, 0.15) is 35.2 Å². The first-order chi connectivity index (χ1) is 8.63. The highest BCUT2D eigenvalue weighted by atomic mass is 16.5. The molecule has 0 aromatic carbocycles. The van der Waals surface area contributed by atoms with Gasteiger partial charge in [0.25, 0.3) is 5.91 Å². The minimum atomic E-state index is -0.290. The first-order valence-electron chi connectivity index (χ1n) is 5.72. The summed E-state index contributed by atoms with van der Waals surface area (Å²) in [6.07, 6.45) is 3.94. The summed E-state index contributed by atoms with van der Waals surface area (Å²) in [6.45, 7) is 1.68. The second kappa shape index (κ2) is 3.86. The van der Waals surface area contributed by atoms with Gasteiger partial charge >= 0.3 is 6.01 Å². The first-order valence-corrected chi connectivity index (χ1v) is 5.72. The summed E-state index contributed by atoms with van der Waals surface area (Å²) >= 11 is 0. The zero-order chi connectivity index (χ0) is 12.7. The lowest BCUT2D eigenvalue weighted by atomic mass is 10.4. The Morgan fingerprint density at radius 2 is 2.39 bits per heavy atom. The number of nitrogen functional groups attached to an aromatic ring is 1. The molecule has 0 aliphatic heterocycles. The topological polar surface area (TPSA) is 99.0 Å². The van der Waals surface area contributed by atoms with Crippen molar-refractivity contribution < 1.29 is 9.32 Å². The number of anilines is 2. The van der Waals surface area contributed by atoms with Gasteiger partial charge in [0.15, 0.2) is 5.82 Å². The van der Waals surface area contributed by atoms with Crippen LogP contribution in [0.15, 0.2) is 16.8 Å². The molecule has 0 spiro atoms. The van der Waals surface area contributed by atoms with E-state index in [1.807, 2.05) is 4.57 Å². The number of nitrogens with two attached hydrogens (primary N) is 1. The van der Waals surface area contributed by atoms with Gasteiger partial charge in [0, 0.05) is 12.2 Å². The molecule has 0 saturated heterocycles. The molecule has 1 aliphatic carbocycles. The Labute approximate surface area is 103 Å². The quantitative estimate of drug-likeness (QED) is 0.852. The van der Waals surface area contributed by atoms with E-state index >= 15 is 0 Å². The van der Waals surface area contributed by atoms with E-state index in [1.54, 1.807) is 19.2 Å². The molecule has 2 aromatic rings. The molecule has 0 radical (unpaired) electrons. The monoisotopic (exact) mass is 247 g/mol. The summed E-state index contributed by atoms with van der Waals surface area (Å²) in [5.41, 5.74) is 6.82. The number of hydrogen-bond donors (Lipinski definition) is 2. The molecule has 7 heteroatoms. The highest BCUT2D eigenvalue weighted by Crippen LogP contribution is 2.37. The lowest BCUT2D eigenvalue weighted by Crippen LogP contribution is -2.16. The molecule has 7 nitrogen and oxygen atoms in total. The zero-order valence-corrected chi connectivity index (χ0v) is 9.88. The molecule has 0 unspecified atom stereocenters. The summed E-state index contributed by atoms with van der Waals surface area (Å²) in [7, 11) is 0. The molecule has 2 aromatic heterocycles. The summed E-state index contributed by atoms with van der Waals surface area (Å²) in [4.78, 5) is 16.0. The van der Waals surface area contributed by atoms with Gasteiger partial charge in [-0.3, -0.25) is 10.1 Å². The van der Waals surface area contributed by atoms with Crippen molar-refractivity contribution in [1.29, 1.82) is 0 Å². The fourth-order valence-electron chi connectivity index (χ4n) is 1.85. The molecule has 0 atom stereocenters. The third kappa shape index (κ3) is 1.94. The second-order valence-corrected chi connectivity index (χ2v) is 4.40. The number of hydrogen-bond acceptors (Lipinski definition) is 5. The van der Waals surface area contributed by atoms with E-state index in [-0.39, 0.29) is 11.9 Å². The number of nitrogens with zero attached hydrogens (tertiary/aromatic N) is 3. The number of carbonyl (C=O) groups is 1. The molecule has 3 N–H and O–H groups in total. The van der Waals surface area contributed by atoms with E-state index in [2.05, 4.69) is 15.5 Å². The number of carbonyl (C=O) groups excluding carboxylic acids is 1. The highest BCUT2D eigenvalue weighted by Gasteiger charge is 2.28. The highest BCUT2D eigenvalue weighted by molar-refractivity contribution is 6.02. The van der Waals surface area contributed by atoms with E-state index in [1.165, 1.54) is 0 Å². The summed E-state index contributed by atoms with van der Waals surface area (Å²) in [6, 6.07) is 2.13. The van der Waals surface area contributed by atoms with Crippen molar-refractivity contribution >= 4 is 17.6 Å². The lowest BCUT2D eigenvalue weighted by Gasteiger charge is -2.05. The van der Waals surface area contributed by atoms with Gasteiger partial charge in [0.1, 0.15) is 5.69 Å². The second-order valence-electron chi connectivity index (χ2n) is 4.40. The predicted molar refractivity (Wildman–Crippen MR) is 64.1 cm³/mol. The van der Waals surface area contributed by atoms with Crippen LogP contribution in [0.2, 0.25) is 0 Å². The maximum atomic E-state index is 12.1. The number of rotatable bonds is 3. The molecule has 1 fully saturated rings. The Morgan fingerprint density at radius 3 is 3.00 bits per heavy atom. The van der Waals surface area contributed by atoms with Crippen LogP contribution >= 0.6 is 0 Å². The van der Waals surface area contributed by atoms with Crippen LogP contribution in [0.5, 0.6) is 0 Å². The normalized spacial score (nSPS) is 14.7. The molecular formula is C11H13N5O2. The van der Waals surface area contributed by atoms with Crippen LogP contribution in [-0.4, -0.2) is 20.6 Å². The smallest absolute Gasteiger partial charge is 0.328 e. The molecular weight excluding hydrogens is 234 g/mol. The van der Waals surface area contributed by atoms with Gasteiger partial charge in [-0.1, -0.05) is 5.16 Å². The van der Waals surface area contributed by atoms with Crippen molar-refractivity contribution in [3.8, 4) is 0 Å². The Bertz CT molecular complexity index is 596. The number of aromatic nitrogens is 3. The third-order valence-electron chi connectivity index (χ3n) is 2.79. The molecule has 94 valence electrons. The van der Waals surface area contributed by atoms with Crippen molar-refractivity contribution in [1.82, 2.24) is 14.7 Å². The predicted octanol–water partition coefficient (Wildman–Crippen LogP) is 1.35. The van der Waals surface area contributed by atoms with E-state index < -0.39 is 0 Å². The van der Waals surface area contributed by atoms with E-state index in [4.69, 9.17) is 10.3 Å².